The van der Waals surface area contributed by atoms with Crippen molar-refractivity contribution in [3.8, 4) is 6.07 Å². The number of carboxylic acid groups (broad SMARTS) is 1. The van der Waals surface area contributed by atoms with Gasteiger partial charge in [-0.05, 0) is 30.7 Å². The number of nitrogens with zero attached hydrogens (tertiary/aromatic N) is 1. The van der Waals surface area contributed by atoms with Crippen LogP contribution in [-0.2, 0) is 11.2 Å². The van der Waals surface area contributed by atoms with Crippen molar-refractivity contribution in [3.05, 3.63) is 34.9 Å². The highest BCUT2D eigenvalue weighted by atomic mass is 16.4. The molecule has 76 valence electrons. The summed E-state index contributed by atoms with van der Waals surface area (Å²) < 4.78 is 0. The van der Waals surface area contributed by atoms with Crippen molar-refractivity contribution < 1.29 is 14.7 Å². The molecule has 1 rings (SSSR count). The summed E-state index contributed by atoms with van der Waals surface area (Å²) in [6.45, 7) is 1.38. The van der Waals surface area contributed by atoms with Crippen molar-refractivity contribution in [3.63, 3.8) is 0 Å². The topological polar surface area (TPSA) is 78.2 Å². The van der Waals surface area contributed by atoms with E-state index < -0.39 is 5.97 Å². The van der Waals surface area contributed by atoms with Gasteiger partial charge in [-0.1, -0.05) is 0 Å². The lowest BCUT2D eigenvalue weighted by atomic mass is 10.0. The maximum absolute atomic E-state index is 11.1. The van der Waals surface area contributed by atoms with Gasteiger partial charge in [0, 0.05) is 5.56 Å². The number of Topliss-reactive ketones (excluding diaryl/α,β-unsaturated/α-hetero) is 1. The van der Waals surface area contributed by atoms with Gasteiger partial charge in [0.05, 0.1) is 18.1 Å². The molecule has 0 heterocycles. The van der Waals surface area contributed by atoms with E-state index in [1.807, 2.05) is 6.07 Å². The Hall–Kier alpha value is -2.15. The summed E-state index contributed by atoms with van der Waals surface area (Å²) >= 11 is 0. The summed E-state index contributed by atoms with van der Waals surface area (Å²) in [6, 6.07) is 6.31. The van der Waals surface area contributed by atoms with Crippen LogP contribution in [0.3, 0.4) is 0 Å². The van der Waals surface area contributed by atoms with Gasteiger partial charge in [-0.3, -0.25) is 9.59 Å². The molecule has 15 heavy (non-hydrogen) atoms. The number of benzene rings is 1. The SMILES string of the molecule is CC(=O)c1cc(C#N)cc(CC(=O)O)c1. The Bertz CT molecular complexity index is 457. The molecule has 0 spiro atoms. The number of rotatable bonds is 3. The quantitative estimate of drug-likeness (QED) is 0.753. The zero-order valence-electron chi connectivity index (χ0n) is 8.15. The molecule has 1 N–H and O–H groups in total. The van der Waals surface area contributed by atoms with E-state index in [9.17, 15) is 9.59 Å². The van der Waals surface area contributed by atoms with E-state index in [1.165, 1.54) is 25.1 Å². The molecule has 0 aromatic heterocycles. The second kappa shape index (κ2) is 4.38. The first kappa shape index (κ1) is 10.9. The zero-order valence-corrected chi connectivity index (χ0v) is 8.15. The van der Waals surface area contributed by atoms with E-state index in [0.29, 0.717) is 16.7 Å². The Balaban J connectivity index is 3.18. The molecule has 4 nitrogen and oxygen atoms in total. The average molecular weight is 203 g/mol. The minimum atomic E-state index is -0.986. The largest absolute Gasteiger partial charge is 0.481 e. The molecular weight excluding hydrogens is 194 g/mol. The number of aliphatic carboxylic acids is 1. The van der Waals surface area contributed by atoms with E-state index in [1.54, 1.807) is 0 Å². The summed E-state index contributed by atoms with van der Waals surface area (Å²) in [5.41, 5.74) is 1.14. The first-order valence-corrected chi connectivity index (χ1v) is 4.29. The lowest BCUT2D eigenvalue weighted by Gasteiger charge is -2.01. The van der Waals surface area contributed by atoms with Crippen LogP contribution in [0.4, 0.5) is 0 Å². The minimum absolute atomic E-state index is 0.182. The molecule has 0 radical (unpaired) electrons. The molecule has 0 amide bonds. The van der Waals surface area contributed by atoms with Crippen LogP contribution in [0, 0.1) is 11.3 Å². The molecule has 1 aromatic carbocycles. The zero-order chi connectivity index (χ0) is 11.4. The molecular formula is C11H9NO3. The maximum Gasteiger partial charge on any atom is 0.307 e. The number of carbonyl (C=O) groups is 2. The third kappa shape index (κ3) is 2.92. The highest BCUT2D eigenvalue weighted by Gasteiger charge is 2.07. The Morgan fingerprint density at radius 2 is 2.07 bits per heavy atom. The van der Waals surface area contributed by atoms with Gasteiger partial charge in [-0.2, -0.15) is 5.26 Å². The number of carboxylic acids is 1. The van der Waals surface area contributed by atoms with Crippen LogP contribution in [-0.4, -0.2) is 16.9 Å². The van der Waals surface area contributed by atoms with E-state index in [-0.39, 0.29) is 12.2 Å². The van der Waals surface area contributed by atoms with Gasteiger partial charge in [0.25, 0.3) is 0 Å². The minimum Gasteiger partial charge on any atom is -0.481 e. The van der Waals surface area contributed by atoms with Gasteiger partial charge in [0.2, 0.25) is 0 Å². The van der Waals surface area contributed by atoms with Crippen molar-refractivity contribution in [1.29, 1.82) is 5.26 Å². The van der Waals surface area contributed by atoms with Gasteiger partial charge in [0.1, 0.15) is 0 Å². The molecule has 0 aliphatic rings. The first-order chi connectivity index (χ1) is 7.02. The molecule has 0 saturated heterocycles. The van der Waals surface area contributed by atoms with E-state index in [0.717, 1.165) is 0 Å². The molecule has 0 aliphatic carbocycles. The summed E-state index contributed by atoms with van der Waals surface area (Å²) in [6.07, 6.45) is -0.185. The maximum atomic E-state index is 11.1. The van der Waals surface area contributed by atoms with E-state index in [4.69, 9.17) is 10.4 Å². The van der Waals surface area contributed by atoms with Crippen LogP contribution >= 0.6 is 0 Å². The van der Waals surface area contributed by atoms with Crippen molar-refractivity contribution >= 4 is 11.8 Å². The Kier molecular flexibility index (Phi) is 3.19. The lowest BCUT2D eigenvalue weighted by Crippen LogP contribution is -2.02. The fraction of sp³-hybridized carbons (Fsp3) is 0.182. The van der Waals surface area contributed by atoms with Crippen LogP contribution in [0.25, 0.3) is 0 Å². The molecule has 0 saturated carbocycles. The standard InChI is InChI=1S/C11H9NO3/c1-7(13)10-3-8(5-11(14)15)2-9(4-10)6-12/h2-4H,5H2,1H3,(H,14,15). The van der Waals surface area contributed by atoms with Gasteiger partial charge < -0.3 is 5.11 Å². The number of hydrogen-bond acceptors (Lipinski definition) is 3. The molecule has 0 fully saturated rings. The smallest absolute Gasteiger partial charge is 0.307 e. The molecule has 0 atom stereocenters. The van der Waals surface area contributed by atoms with Crippen molar-refractivity contribution in [2.24, 2.45) is 0 Å². The summed E-state index contributed by atoms with van der Waals surface area (Å²) in [4.78, 5) is 21.6. The van der Waals surface area contributed by atoms with E-state index >= 15 is 0 Å². The third-order valence-electron chi connectivity index (χ3n) is 1.88. The Morgan fingerprint density at radius 3 is 2.53 bits per heavy atom. The summed E-state index contributed by atoms with van der Waals surface area (Å²) in [7, 11) is 0. The molecule has 0 unspecified atom stereocenters. The van der Waals surface area contributed by atoms with Crippen LogP contribution in [0.2, 0.25) is 0 Å². The second-order valence-electron chi connectivity index (χ2n) is 3.16. The molecule has 4 heteroatoms. The van der Waals surface area contributed by atoms with Gasteiger partial charge in [-0.15, -0.1) is 0 Å². The summed E-state index contributed by atoms with van der Waals surface area (Å²) in [5, 5.41) is 17.3. The van der Waals surface area contributed by atoms with Gasteiger partial charge in [0.15, 0.2) is 5.78 Å². The van der Waals surface area contributed by atoms with Crippen molar-refractivity contribution in [2.45, 2.75) is 13.3 Å². The van der Waals surface area contributed by atoms with Crippen LogP contribution < -0.4 is 0 Å². The predicted octanol–water partition coefficient (Wildman–Crippen LogP) is 1.39. The summed E-state index contributed by atoms with van der Waals surface area (Å²) in [5.74, 6) is -1.17. The number of hydrogen-bond donors (Lipinski definition) is 1. The van der Waals surface area contributed by atoms with Crippen LogP contribution in [0.5, 0.6) is 0 Å². The molecule has 0 bridgehead atoms. The van der Waals surface area contributed by atoms with Crippen molar-refractivity contribution in [2.75, 3.05) is 0 Å². The van der Waals surface area contributed by atoms with Gasteiger partial charge >= 0.3 is 5.97 Å². The van der Waals surface area contributed by atoms with Crippen molar-refractivity contribution in [1.82, 2.24) is 0 Å². The molecule has 1 aromatic rings. The third-order valence-corrected chi connectivity index (χ3v) is 1.88. The lowest BCUT2D eigenvalue weighted by molar-refractivity contribution is -0.136. The Labute approximate surface area is 86.8 Å². The van der Waals surface area contributed by atoms with Crippen LogP contribution in [0.1, 0.15) is 28.4 Å². The van der Waals surface area contributed by atoms with Gasteiger partial charge in [-0.25, -0.2) is 0 Å². The normalized spacial score (nSPS) is 9.33. The monoisotopic (exact) mass is 203 g/mol. The fourth-order valence-corrected chi connectivity index (χ4v) is 1.24. The number of carbonyl (C=O) groups excluding carboxylic acids is 1. The average Bonchev–Trinajstić information content (AvgIpc) is 2.16. The van der Waals surface area contributed by atoms with E-state index in [2.05, 4.69) is 0 Å². The predicted molar refractivity (Wildman–Crippen MR) is 52.5 cm³/mol. The highest BCUT2D eigenvalue weighted by molar-refractivity contribution is 5.94. The number of nitriles is 1. The highest BCUT2D eigenvalue weighted by Crippen LogP contribution is 2.11. The Morgan fingerprint density at radius 1 is 1.40 bits per heavy atom. The number of ketones is 1. The van der Waals surface area contributed by atoms with Crippen LogP contribution in [0.15, 0.2) is 18.2 Å². The molecule has 0 aliphatic heterocycles. The fourth-order valence-electron chi connectivity index (χ4n) is 1.24. The first-order valence-electron chi connectivity index (χ1n) is 4.29. The second-order valence-corrected chi connectivity index (χ2v) is 3.16.